The molecule has 6 heteroatoms. The summed E-state index contributed by atoms with van der Waals surface area (Å²) in [6.07, 6.45) is 0.884. The number of ketones is 1. The van der Waals surface area contributed by atoms with Crippen molar-refractivity contribution in [2.75, 3.05) is 27.4 Å². The number of rotatable bonds is 7. The third-order valence-electron chi connectivity index (χ3n) is 5.45. The van der Waals surface area contributed by atoms with E-state index in [0.717, 1.165) is 23.1 Å². The third kappa shape index (κ3) is 3.96. The lowest BCUT2D eigenvalue weighted by molar-refractivity contribution is -0.140. The Morgan fingerprint density at radius 3 is 2.37 bits per heavy atom. The maximum Gasteiger partial charge on any atom is 0.295 e. The molecular weight excluding hydrogens is 382 g/mol. The van der Waals surface area contributed by atoms with Crippen molar-refractivity contribution < 1.29 is 24.2 Å². The summed E-state index contributed by atoms with van der Waals surface area (Å²) in [7, 11) is 3.12. The van der Waals surface area contributed by atoms with Crippen molar-refractivity contribution in [3.8, 4) is 5.75 Å². The van der Waals surface area contributed by atoms with E-state index in [0.29, 0.717) is 11.3 Å². The maximum absolute atomic E-state index is 12.9. The quantitative estimate of drug-likeness (QED) is 0.429. The van der Waals surface area contributed by atoms with Gasteiger partial charge in [-0.1, -0.05) is 31.2 Å². The minimum absolute atomic E-state index is 0.0879. The normalized spacial score (nSPS) is 18.1. The van der Waals surface area contributed by atoms with E-state index < -0.39 is 17.7 Å². The Hall–Kier alpha value is -3.12. The lowest BCUT2D eigenvalue weighted by Crippen LogP contribution is -2.32. The molecule has 0 aliphatic carbocycles. The van der Waals surface area contributed by atoms with Gasteiger partial charge >= 0.3 is 0 Å². The van der Waals surface area contributed by atoms with Crippen molar-refractivity contribution in [2.45, 2.75) is 26.3 Å². The van der Waals surface area contributed by atoms with Gasteiger partial charge in [-0.15, -0.1) is 0 Å². The van der Waals surface area contributed by atoms with Gasteiger partial charge in [0.25, 0.3) is 11.7 Å². The first-order chi connectivity index (χ1) is 14.4. The Balaban J connectivity index is 2.14. The summed E-state index contributed by atoms with van der Waals surface area (Å²) in [5.41, 5.74) is 3.30. The molecule has 158 valence electrons. The molecule has 1 amide bonds. The highest BCUT2D eigenvalue weighted by atomic mass is 16.5. The van der Waals surface area contributed by atoms with Gasteiger partial charge in [-0.25, -0.2) is 0 Å². The van der Waals surface area contributed by atoms with Crippen molar-refractivity contribution in [3.63, 3.8) is 0 Å². The van der Waals surface area contributed by atoms with Crippen LogP contribution in [0.3, 0.4) is 0 Å². The molecule has 2 aromatic rings. The van der Waals surface area contributed by atoms with Crippen LogP contribution < -0.4 is 4.74 Å². The summed E-state index contributed by atoms with van der Waals surface area (Å²) in [6.45, 7) is 4.46. The molecule has 1 fully saturated rings. The molecule has 0 bridgehead atoms. The van der Waals surface area contributed by atoms with Crippen LogP contribution in [0, 0.1) is 6.92 Å². The number of carbonyl (C=O) groups excluding carboxylic acids is 2. The number of nitrogens with zero attached hydrogens (tertiary/aromatic N) is 1. The van der Waals surface area contributed by atoms with E-state index in [9.17, 15) is 14.7 Å². The second-order valence-corrected chi connectivity index (χ2v) is 7.26. The second kappa shape index (κ2) is 9.13. The number of ether oxygens (including phenoxy) is 2. The van der Waals surface area contributed by atoms with E-state index in [-0.39, 0.29) is 24.5 Å². The molecule has 1 atom stereocenters. The molecule has 0 aromatic heterocycles. The van der Waals surface area contributed by atoms with Crippen molar-refractivity contribution in [1.29, 1.82) is 0 Å². The number of hydrogen-bond donors (Lipinski definition) is 1. The Bertz CT molecular complexity index is 978. The molecule has 0 spiro atoms. The van der Waals surface area contributed by atoms with Crippen LogP contribution in [-0.2, 0) is 20.7 Å². The van der Waals surface area contributed by atoms with Gasteiger partial charge in [-0.05, 0) is 48.2 Å². The molecule has 1 N–H and O–H groups in total. The van der Waals surface area contributed by atoms with Crippen LogP contribution in [0.15, 0.2) is 48.0 Å². The summed E-state index contributed by atoms with van der Waals surface area (Å²) in [5, 5.41) is 11.1. The number of aliphatic hydroxyl groups excluding tert-OH is 1. The van der Waals surface area contributed by atoms with Crippen LogP contribution in [0.5, 0.6) is 5.75 Å². The number of hydrogen-bond acceptors (Lipinski definition) is 5. The first-order valence-electron chi connectivity index (χ1n) is 9.94. The van der Waals surface area contributed by atoms with E-state index in [1.54, 1.807) is 32.4 Å². The molecule has 1 saturated heterocycles. The Morgan fingerprint density at radius 2 is 1.80 bits per heavy atom. The lowest BCUT2D eigenvalue weighted by atomic mass is 9.94. The van der Waals surface area contributed by atoms with E-state index in [1.807, 2.05) is 31.2 Å². The molecule has 6 nitrogen and oxygen atoms in total. The van der Waals surface area contributed by atoms with E-state index in [2.05, 4.69) is 6.92 Å². The summed E-state index contributed by atoms with van der Waals surface area (Å²) in [5.74, 6) is -0.840. The molecule has 0 radical (unpaired) electrons. The first-order valence-corrected chi connectivity index (χ1v) is 9.94. The zero-order valence-corrected chi connectivity index (χ0v) is 17.8. The standard InChI is InChI=1S/C24H27NO5/c1-5-16-6-8-17(9-7-16)21-20(23(27)24(28)25(21)12-13-29-3)22(26)18-10-11-19(30-4)15(2)14-18/h6-11,14,21,26H,5,12-13H2,1-4H3/t21-/m1/s1. The number of Topliss-reactive ketones (excluding diaryl/α,β-unsaturated/α-hetero) is 1. The smallest absolute Gasteiger partial charge is 0.295 e. The third-order valence-corrected chi connectivity index (χ3v) is 5.45. The van der Waals surface area contributed by atoms with Crippen molar-refractivity contribution in [3.05, 3.63) is 70.3 Å². The fourth-order valence-electron chi connectivity index (χ4n) is 3.76. The molecule has 1 aliphatic heterocycles. The highest BCUT2D eigenvalue weighted by molar-refractivity contribution is 6.46. The van der Waals surface area contributed by atoms with Gasteiger partial charge in [0.05, 0.1) is 25.3 Å². The number of amides is 1. The fourth-order valence-corrected chi connectivity index (χ4v) is 3.76. The summed E-state index contributed by atoms with van der Waals surface area (Å²) >= 11 is 0. The highest BCUT2D eigenvalue weighted by Crippen LogP contribution is 2.39. The Labute approximate surface area is 176 Å². The van der Waals surface area contributed by atoms with Crippen LogP contribution in [0.2, 0.25) is 0 Å². The van der Waals surface area contributed by atoms with Crippen LogP contribution >= 0.6 is 0 Å². The Kier molecular flexibility index (Phi) is 6.57. The zero-order chi connectivity index (χ0) is 21.8. The summed E-state index contributed by atoms with van der Waals surface area (Å²) < 4.78 is 10.4. The fraction of sp³-hybridized carbons (Fsp3) is 0.333. The molecular formula is C24H27NO5. The van der Waals surface area contributed by atoms with Crippen LogP contribution in [-0.4, -0.2) is 49.1 Å². The van der Waals surface area contributed by atoms with Crippen molar-refractivity contribution in [1.82, 2.24) is 4.90 Å². The van der Waals surface area contributed by atoms with Gasteiger partial charge in [0.15, 0.2) is 0 Å². The van der Waals surface area contributed by atoms with E-state index >= 15 is 0 Å². The van der Waals surface area contributed by atoms with Gasteiger partial charge in [0.1, 0.15) is 11.5 Å². The average Bonchev–Trinajstić information content (AvgIpc) is 3.01. The molecule has 0 unspecified atom stereocenters. The number of aliphatic hydroxyl groups is 1. The Morgan fingerprint density at radius 1 is 1.10 bits per heavy atom. The number of methoxy groups -OCH3 is 2. The minimum Gasteiger partial charge on any atom is -0.507 e. The molecule has 1 aliphatic rings. The van der Waals surface area contributed by atoms with E-state index in [4.69, 9.17) is 9.47 Å². The van der Waals surface area contributed by atoms with Gasteiger partial charge in [-0.2, -0.15) is 0 Å². The van der Waals surface area contributed by atoms with E-state index in [1.165, 1.54) is 4.90 Å². The maximum atomic E-state index is 12.9. The van der Waals surface area contributed by atoms with Gasteiger partial charge < -0.3 is 19.5 Å². The molecule has 1 heterocycles. The summed E-state index contributed by atoms with van der Waals surface area (Å²) in [6, 6.07) is 12.2. The monoisotopic (exact) mass is 409 g/mol. The predicted molar refractivity (Wildman–Crippen MR) is 114 cm³/mol. The van der Waals surface area contributed by atoms with Crippen LogP contribution in [0.25, 0.3) is 5.76 Å². The van der Waals surface area contributed by atoms with Gasteiger partial charge in [0.2, 0.25) is 0 Å². The van der Waals surface area contributed by atoms with Crippen molar-refractivity contribution >= 4 is 17.4 Å². The molecule has 0 saturated carbocycles. The molecule has 3 rings (SSSR count). The number of benzene rings is 2. The highest BCUT2D eigenvalue weighted by Gasteiger charge is 2.45. The molecule has 30 heavy (non-hydrogen) atoms. The SMILES string of the molecule is CCc1ccc([C@@H]2C(=C(O)c3ccc(OC)c(C)c3)C(=O)C(=O)N2CCOC)cc1. The van der Waals surface area contributed by atoms with Crippen molar-refractivity contribution in [2.24, 2.45) is 0 Å². The molecule has 2 aromatic carbocycles. The van der Waals surface area contributed by atoms with Gasteiger partial charge in [0, 0.05) is 19.2 Å². The predicted octanol–water partition coefficient (Wildman–Crippen LogP) is 3.63. The minimum atomic E-state index is -0.693. The second-order valence-electron chi connectivity index (χ2n) is 7.26. The van der Waals surface area contributed by atoms with Crippen LogP contribution in [0.4, 0.5) is 0 Å². The largest absolute Gasteiger partial charge is 0.507 e. The van der Waals surface area contributed by atoms with Gasteiger partial charge in [-0.3, -0.25) is 9.59 Å². The first kappa shape index (κ1) is 21.6. The number of carbonyl (C=O) groups is 2. The topological polar surface area (TPSA) is 76.1 Å². The lowest BCUT2D eigenvalue weighted by Gasteiger charge is -2.25. The summed E-state index contributed by atoms with van der Waals surface area (Å²) in [4.78, 5) is 27.2. The van der Waals surface area contributed by atoms with Crippen LogP contribution in [0.1, 0.15) is 35.2 Å². The number of aryl methyl sites for hydroxylation is 2. The average molecular weight is 409 g/mol. The zero-order valence-electron chi connectivity index (χ0n) is 17.8. The number of likely N-dealkylation sites (tertiary alicyclic amines) is 1.